The monoisotopic (exact) mass is 539 g/mol. The first-order valence-corrected chi connectivity index (χ1v) is 14.1. The number of nitrogens with zero attached hydrogens (tertiary/aromatic N) is 2. The molecule has 7 nitrogen and oxygen atoms in total. The number of benzene rings is 2. The Morgan fingerprint density at radius 1 is 1.11 bits per heavy atom. The van der Waals surface area contributed by atoms with Crippen molar-refractivity contribution < 1.29 is 18.0 Å². The van der Waals surface area contributed by atoms with Gasteiger partial charge in [-0.05, 0) is 62.1 Å². The van der Waals surface area contributed by atoms with Gasteiger partial charge in [-0.1, -0.05) is 54.2 Å². The summed E-state index contributed by atoms with van der Waals surface area (Å²) < 4.78 is 26.3. The maximum atomic E-state index is 13.6. The van der Waals surface area contributed by atoms with Crippen LogP contribution in [0.1, 0.15) is 43.7 Å². The van der Waals surface area contributed by atoms with Gasteiger partial charge in [-0.25, -0.2) is 8.42 Å². The van der Waals surface area contributed by atoms with Crippen molar-refractivity contribution in [2.45, 2.75) is 58.2 Å². The van der Waals surface area contributed by atoms with Crippen LogP contribution in [0.5, 0.6) is 0 Å². The lowest BCUT2D eigenvalue weighted by molar-refractivity contribution is -0.139. The molecule has 0 spiro atoms. The molecule has 0 aliphatic heterocycles. The van der Waals surface area contributed by atoms with E-state index < -0.39 is 28.5 Å². The molecule has 1 fully saturated rings. The predicted octanol–water partition coefficient (Wildman–Crippen LogP) is 4.54. The molecule has 1 atom stereocenters. The number of amides is 2. The number of sulfonamides is 1. The van der Waals surface area contributed by atoms with Crippen molar-refractivity contribution in [3.63, 3.8) is 0 Å². The van der Waals surface area contributed by atoms with Crippen molar-refractivity contribution in [2.24, 2.45) is 0 Å². The van der Waals surface area contributed by atoms with E-state index in [0.29, 0.717) is 10.0 Å². The predicted molar refractivity (Wildman–Crippen MR) is 140 cm³/mol. The molecule has 3 rings (SSSR count). The van der Waals surface area contributed by atoms with Crippen LogP contribution < -0.4 is 9.62 Å². The van der Waals surface area contributed by atoms with Gasteiger partial charge in [0.1, 0.15) is 12.6 Å². The van der Waals surface area contributed by atoms with Crippen LogP contribution in [0, 0.1) is 6.92 Å². The average Bonchev–Trinajstić information content (AvgIpc) is 3.29. The van der Waals surface area contributed by atoms with Crippen molar-refractivity contribution in [2.75, 3.05) is 17.1 Å². The highest BCUT2D eigenvalue weighted by Gasteiger charge is 2.31. The average molecular weight is 541 g/mol. The van der Waals surface area contributed by atoms with Gasteiger partial charge in [-0.2, -0.15) is 0 Å². The van der Waals surface area contributed by atoms with E-state index in [1.165, 1.54) is 11.0 Å². The fourth-order valence-electron chi connectivity index (χ4n) is 4.16. The van der Waals surface area contributed by atoms with Crippen LogP contribution in [0.4, 0.5) is 5.69 Å². The highest BCUT2D eigenvalue weighted by molar-refractivity contribution is 7.92. The summed E-state index contributed by atoms with van der Waals surface area (Å²) >= 11 is 12.4. The quantitative estimate of drug-likeness (QED) is 0.506. The summed E-state index contributed by atoms with van der Waals surface area (Å²) in [5.41, 5.74) is 1.80. The normalized spacial score (nSPS) is 15.0. The van der Waals surface area contributed by atoms with E-state index in [2.05, 4.69) is 5.32 Å². The van der Waals surface area contributed by atoms with E-state index in [-0.39, 0.29) is 24.2 Å². The number of aryl methyl sites for hydroxylation is 1. The van der Waals surface area contributed by atoms with Crippen molar-refractivity contribution in [3.05, 3.63) is 63.6 Å². The van der Waals surface area contributed by atoms with Crippen LogP contribution in [0.2, 0.25) is 10.0 Å². The van der Waals surface area contributed by atoms with E-state index >= 15 is 0 Å². The van der Waals surface area contributed by atoms with Gasteiger partial charge in [0.15, 0.2) is 0 Å². The zero-order valence-electron chi connectivity index (χ0n) is 20.1. The molecule has 1 aliphatic carbocycles. The van der Waals surface area contributed by atoms with Crippen LogP contribution in [0.3, 0.4) is 0 Å². The molecule has 10 heteroatoms. The molecule has 0 unspecified atom stereocenters. The minimum absolute atomic E-state index is 0.0929. The van der Waals surface area contributed by atoms with Crippen LogP contribution in [0.15, 0.2) is 42.5 Å². The summed E-state index contributed by atoms with van der Waals surface area (Å²) in [5.74, 6) is -0.780. The fourth-order valence-corrected chi connectivity index (χ4v) is 5.39. The standard InChI is InChI=1S/C25H31Cl2N3O4S/c1-17-11-12-22(14-23(17)27)30(35(3,33)34)16-24(31)29(15-19-7-6-8-20(26)13-19)18(2)25(32)28-21-9-4-5-10-21/h6-8,11-14,18,21H,4-5,9-10,15-16H2,1-3H3,(H,28,32)/t18-/m0/s1. The zero-order valence-corrected chi connectivity index (χ0v) is 22.5. The summed E-state index contributed by atoms with van der Waals surface area (Å²) in [7, 11) is -3.81. The Balaban J connectivity index is 1.89. The molecular formula is C25H31Cl2N3O4S. The van der Waals surface area contributed by atoms with Gasteiger partial charge in [-0.15, -0.1) is 0 Å². The molecule has 35 heavy (non-hydrogen) atoms. The van der Waals surface area contributed by atoms with Gasteiger partial charge in [0.2, 0.25) is 21.8 Å². The third-order valence-electron chi connectivity index (χ3n) is 6.23. The van der Waals surface area contributed by atoms with Crippen molar-refractivity contribution >= 4 is 50.7 Å². The van der Waals surface area contributed by atoms with Crippen molar-refractivity contribution in [3.8, 4) is 0 Å². The smallest absolute Gasteiger partial charge is 0.244 e. The Labute approximate surface area is 217 Å². The molecule has 2 amide bonds. The molecule has 1 saturated carbocycles. The lowest BCUT2D eigenvalue weighted by Gasteiger charge is -2.32. The Morgan fingerprint density at radius 2 is 1.80 bits per heavy atom. The maximum absolute atomic E-state index is 13.6. The van der Waals surface area contributed by atoms with Gasteiger partial charge >= 0.3 is 0 Å². The Morgan fingerprint density at radius 3 is 2.40 bits per heavy atom. The molecule has 2 aromatic carbocycles. The Kier molecular flexibility index (Phi) is 9.07. The summed E-state index contributed by atoms with van der Waals surface area (Å²) in [6, 6.07) is 11.1. The molecule has 0 aromatic heterocycles. The molecule has 0 bridgehead atoms. The number of halogens is 2. The van der Waals surface area contributed by atoms with Crippen molar-refractivity contribution in [1.29, 1.82) is 0 Å². The maximum Gasteiger partial charge on any atom is 0.244 e. The van der Waals surface area contributed by atoms with Gasteiger partial charge in [0, 0.05) is 22.6 Å². The third kappa shape index (κ3) is 7.35. The first kappa shape index (κ1) is 27.3. The molecule has 0 saturated heterocycles. The molecule has 2 aromatic rings. The number of nitrogens with one attached hydrogen (secondary N) is 1. The topological polar surface area (TPSA) is 86.8 Å². The fraction of sp³-hybridized carbons (Fsp3) is 0.440. The number of hydrogen-bond donors (Lipinski definition) is 1. The number of anilines is 1. The van der Waals surface area contributed by atoms with E-state index in [1.54, 1.807) is 44.2 Å². The minimum Gasteiger partial charge on any atom is -0.352 e. The van der Waals surface area contributed by atoms with E-state index in [9.17, 15) is 18.0 Å². The zero-order chi connectivity index (χ0) is 25.8. The molecule has 0 radical (unpaired) electrons. The van der Waals surface area contributed by atoms with Gasteiger partial charge in [-0.3, -0.25) is 13.9 Å². The first-order chi connectivity index (χ1) is 16.5. The molecule has 1 N–H and O–H groups in total. The molecule has 190 valence electrons. The highest BCUT2D eigenvalue weighted by Crippen LogP contribution is 2.26. The second kappa shape index (κ2) is 11.6. The second-order valence-electron chi connectivity index (χ2n) is 9.02. The largest absolute Gasteiger partial charge is 0.352 e. The lowest BCUT2D eigenvalue weighted by Crippen LogP contribution is -2.52. The summed E-state index contributed by atoms with van der Waals surface area (Å²) in [6.07, 6.45) is 4.99. The highest BCUT2D eigenvalue weighted by atomic mass is 35.5. The van der Waals surface area contributed by atoms with E-state index in [1.807, 2.05) is 6.07 Å². The summed E-state index contributed by atoms with van der Waals surface area (Å²) in [4.78, 5) is 28.0. The third-order valence-corrected chi connectivity index (χ3v) is 8.02. The van der Waals surface area contributed by atoms with Crippen LogP contribution in [0.25, 0.3) is 0 Å². The van der Waals surface area contributed by atoms with Gasteiger partial charge in [0.05, 0.1) is 11.9 Å². The minimum atomic E-state index is -3.81. The Hall–Kier alpha value is -2.29. The van der Waals surface area contributed by atoms with E-state index in [4.69, 9.17) is 23.2 Å². The summed E-state index contributed by atoms with van der Waals surface area (Å²) in [5, 5.41) is 3.93. The second-order valence-corrected chi connectivity index (χ2v) is 11.8. The lowest BCUT2D eigenvalue weighted by atomic mass is 10.1. The van der Waals surface area contributed by atoms with E-state index in [0.717, 1.165) is 47.4 Å². The SMILES string of the molecule is Cc1ccc(N(CC(=O)N(Cc2cccc(Cl)c2)[C@@H](C)C(=O)NC2CCCC2)S(C)(=O)=O)cc1Cl. The number of carbonyl (C=O) groups excluding carboxylic acids is 2. The molecule has 1 aliphatic rings. The van der Waals surface area contributed by atoms with Crippen molar-refractivity contribution in [1.82, 2.24) is 10.2 Å². The van der Waals surface area contributed by atoms with Crippen LogP contribution in [-0.2, 0) is 26.2 Å². The first-order valence-electron chi connectivity index (χ1n) is 11.5. The number of hydrogen-bond acceptors (Lipinski definition) is 4. The van der Waals surface area contributed by atoms with Crippen LogP contribution in [-0.4, -0.2) is 50.0 Å². The number of carbonyl (C=O) groups is 2. The van der Waals surface area contributed by atoms with Crippen LogP contribution >= 0.6 is 23.2 Å². The van der Waals surface area contributed by atoms with Gasteiger partial charge in [0.25, 0.3) is 0 Å². The number of rotatable bonds is 9. The van der Waals surface area contributed by atoms with Gasteiger partial charge < -0.3 is 10.2 Å². The molecular weight excluding hydrogens is 509 g/mol. The molecule has 0 heterocycles. The Bertz CT molecular complexity index is 1180. The summed E-state index contributed by atoms with van der Waals surface area (Å²) in [6.45, 7) is 3.09.